The maximum atomic E-state index is 13.3. The van der Waals surface area contributed by atoms with Gasteiger partial charge < -0.3 is 10.1 Å². The number of nitrogens with one attached hydrogen (secondary N) is 1. The van der Waals surface area contributed by atoms with Crippen molar-refractivity contribution in [2.75, 3.05) is 11.9 Å². The van der Waals surface area contributed by atoms with E-state index in [2.05, 4.69) is 10.4 Å². The van der Waals surface area contributed by atoms with Crippen LogP contribution < -0.4 is 10.9 Å². The number of nitrogens with zero attached hydrogens (tertiary/aromatic N) is 2. The largest absolute Gasteiger partial charge is 0.451 e. The summed E-state index contributed by atoms with van der Waals surface area (Å²) >= 11 is 0. The van der Waals surface area contributed by atoms with Crippen LogP contribution >= 0.6 is 0 Å². The van der Waals surface area contributed by atoms with Crippen LogP contribution in [-0.4, -0.2) is 28.3 Å². The Bertz CT molecular complexity index is 1390. The number of amides is 1. The minimum atomic E-state index is -1.13. The normalized spacial score (nSPS) is 10.7. The number of hydrogen-bond donors (Lipinski definition) is 1. The van der Waals surface area contributed by atoms with Gasteiger partial charge in [-0.25, -0.2) is 13.6 Å². The second-order valence-corrected chi connectivity index (χ2v) is 6.70. The Hall–Kier alpha value is -4.40. The molecule has 0 unspecified atom stereocenters. The third-order valence-corrected chi connectivity index (χ3v) is 4.54. The molecule has 0 aliphatic carbocycles. The highest BCUT2D eigenvalue weighted by Crippen LogP contribution is 2.17. The molecule has 1 aromatic heterocycles. The van der Waals surface area contributed by atoms with Crippen LogP contribution in [0, 0.1) is 11.6 Å². The number of aromatic nitrogens is 2. The SMILES string of the molecule is O=C(COC(=O)c1nn(-c2ccccc2)c(=O)c2ccccc12)Nc1ccc(F)c(F)c1. The molecule has 0 radical (unpaired) electrons. The molecule has 0 bridgehead atoms. The topological polar surface area (TPSA) is 90.3 Å². The van der Waals surface area contributed by atoms with Gasteiger partial charge in [-0.05, 0) is 30.3 Å². The molecule has 4 aromatic rings. The van der Waals surface area contributed by atoms with E-state index < -0.39 is 35.7 Å². The number of anilines is 1. The van der Waals surface area contributed by atoms with Gasteiger partial charge in [-0.2, -0.15) is 9.78 Å². The van der Waals surface area contributed by atoms with Gasteiger partial charge in [-0.1, -0.05) is 36.4 Å². The fraction of sp³-hybridized carbons (Fsp3) is 0.0435. The Kier molecular flexibility index (Phi) is 5.71. The number of ether oxygens (including phenoxy) is 1. The fourth-order valence-corrected chi connectivity index (χ4v) is 3.05. The predicted octanol–water partition coefficient (Wildman–Crippen LogP) is 3.46. The summed E-state index contributed by atoms with van der Waals surface area (Å²) < 4.78 is 32.4. The van der Waals surface area contributed by atoms with E-state index in [0.717, 1.165) is 16.8 Å². The van der Waals surface area contributed by atoms with Crippen molar-refractivity contribution in [2.45, 2.75) is 0 Å². The maximum absolute atomic E-state index is 13.3. The molecule has 0 fully saturated rings. The lowest BCUT2D eigenvalue weighted by molar-refractivity contribution is -0.119. The Labute approximate surface area is 179 Å². The molecule has 1 N–H and O–H groups in total. The van der Waals surface area contributed by atoms with Crippen LogP contribution in [-0.2, 0) is 9.53 Å². The first-order valence-corrected chi connectivity index (χ1v) is 9.43. The van der Waals surface area contributed by atoms with E-state index in [1.165, 1.54) is 6.07 Å². The zero-order chi connectivity index (χ0) is 22.7. The summed E-state index contributed by atoms with van der Waals surface area (Å²) in [6.07, 6.45) is 0. The summed E-state index contributed by atoms with van der Waals surface area (Å²) in [7, 11) is 0. The molecule has 7 nitrogen and oxygen atoms in total. The van der Waals surface area contributed by atoms with Crippen LogP contribution in [0.25, 0.3) is 16.5 Å². The number of benzene rings is 3. The number of halogens is 2. The van der Waals surface area contributed by atoms with Crippen LogP contribution in [0.2, 0.25) is 0 Å². The number of carbonyl (C=O) groups excluding carboxylic acids is 2. The minimum absolute atomic E-state index is 0.00570. The van der Waals surface area contributed by atoms with Gasteiger partial charge in [0, 0.05) is 17.1 Å². The highest BCUT2D eigenvalue weighted by Gasteiger charge is 2.20. The van der Waals surface area contributed by atoms with Gasteiger partial charge in [0.25, 0.3) is 11.5 Å². The van der Waals surface area contributed by atoms with Gasteiger partial charge in [0.2, 0.25) is 0 Å². The summed E-state index contributed by atoms with van der Waals surface area (Å²) in [5.74, 6) is -3.86. The number of carbonyl (C=O) groups is 2. The van der Waals surface area contributed by atoms with E-state index in [9.17, 15) is 23.2 Å². The van der Waals surface area contributed by atoms with Crippen LogP contribution in [0.1, 0.15) is 10.5 Å². The zero-order valence-electron chi connectivity index (χ0n) is 16.4. The van der Waals surface area contributed by atoms with Gasteiger partial charge in [-0.3, -0.25) is 9.59 Å². The lowest BCUT2D eigenvalue weighted by atomic mass is 10.1. The summed E-state index contributed by atoms with van der Waals surface area (Å²) in [4.78, 5) is 37.6. The van der Waals surface area contributed by atoms with Crippen LogP contribution in [0.3, 0.4) is 0 Å². The van der Waals surface area contributed by atoms with E-state index in [1.807, 2.05) is 0 Å². The fourth-order valence-electron chi connectivity index (χ4n) is 3.05. The summed E-state index contributed by atoms with van der Waals surface area (Å²) in [5.41, 5.74) is -0.108. The van der Waals surface area contributed by atoms with Crippen molar-refractivity contribution in [2.24, 2.45) is 0 Å². The number of rotatable bonds is 5. The van der Waals surface area contributed by atoms with Crippen molar-refractivity contribution in [1.29, 1.82) is 0 Å². The molecule has 1 amide bonds. The molecule has 0 saturated heterocycles. The average molecular weight is 435 g/mol. The number of para-hydroxylation sites is 1. The maximum Gasteiger partial charge on any atom is 0.359 e. The zero-order valence-corrected chi connectivity index (χ0v) is 16.4. The summed E-state index contributed by atoms with van der Waals surface area (Å²) in [5, 5.41) is 6.99. The van der Waals surface area contributed by atoms with E-state index >= 15 is 0 Å². The van der Waals surface area contributed by atoms with E-state index in [-0.39, 0.29) is 22.2 Å². The smallest absolute Gasteiger partial charge is 0.359 e. The van der Waals surface area contributed by atoms with Crippen molar-refractivity contribution in [1.82, 2.24) is 9.78 Å². The Morgan fingerprint density at radius 3 is 2.31 bits per heavy atom. The molecule has 9 heteroatoms. The van der Waals surface area contributed by atoms with Crippen molar-refractivity contribution in [3.63, 3.8) is 0 Å². The first-order chi connectivity index (χ1) is 15.4. The number of hydrogen-bond acceptors (Lipinski definition) is 5. The number of fused-ring (bicyclic) bond motifs is 1. The van der Waals surface area contributed by atoms with E-state index in [4.69, 9.17) is 4.74 Å². The molecule has 0 atom stereocenters. The third kappa shape index (κ3) is 4.22. The molecular weight excluding hydrogens is 420 g/mol. The first kappa shape index (κ1) is 20.9. The second kappa shape index (κ2) is 8.76. The molecule has 160 valence electrons. The molecular formula is C23H15F2N3O4. The molecule has 0 saturated carbocycles. The standard InChI is InChI=1S/C23H15F2N3O4/c24-18-11-10-14(12-19(18)25)26-20(29)13-32-23(31)21-16-8-4-5-9-17(16)22(30)28(27-21)15-6-2-1-3-7-15/h1-12H,13H2,(H,26,29). The minimum Gasteiger partial charge on any atom is -0.451 e. The quantitative estimate of drug-likeness (QED) is 0.485. The molecule has 32 heavy (non-hydrogen) atoms. The Balaban J connectivity index is 1.59. The lowest BCUT2D eigenvalue weighted by Crippen LogP contribution is -2.26. The van der Waals surface area contributed by atoms with Gasteiger partial charge >= 0.3 is 5.97 Å². The van der Waals surface area contributed by atoms with Crippen molar-refractivity contribution in [3.8, 4) is 5.69 Å². The third-order valence-electron chi connectivity index (χ3n) is 4.54. The Morgan fingerprint density at radius 1 is 0.906 bits per heavy atom. The van der Waals surface area contributed by atoms with Crippen LogP contribution in [0.4, 0.5) is 14.5 Å². The number of esters is 1. The van der Waals surface area contributed by atoms with Gasteiger partial charge in [0.1, 0.15) is 0 Å². The Morgan fingerprint density at radius 2 is 1.59 bits per heavy atom. The summed E-state index contributed by atoms with van der Waals surface area (Å²) in [6.45, 7) is -0.696. The van der Waals surface area contributed by atoms with E-state index in [0.29, 0.717) is 5.69 Å². The van der Waals surface area contributed by atoms with Gasteiger partial charge in [-0.15, -0.1) is 0 Å². The average Bonchev–Trinajstić information content (AvgIpc) is 2.81. The van der Waals surface area contributed by atoms with Crippen molar-refractivity contribution >= 4 is 28.3 Å². The van der Waals surface area contributed by atoms with Crippen molar-refractivity contribution < 1.29 is 23.1 Å². The highest BCUT2D eigenvalue weighted by molar-refractivity contribution is 6.03. The molecule has 0 aliphatic heterocycles. The van der Waals surface area contributed by atoms with Crippen LogP contribution in [0.5, 0.6) is 0 Å². The lowest BCUT2D eigenvalue weighted by Gasteiger charge is -2.11. The highest BCUT2D eigenvalue weighted by atomic mass is 19.2. The van der Waals surface area contributed by atoms with Crippen LogP contribution in [0.15, 0.2) is 77.6 Å². The molecule has 3 aromatic carbocycles. The molecule has 1 heterocycles. The van der Waals surface area contributed by atoms with Gasteiger partial charge in [0.05, 0.1) is 11.1 Å². The molecule has 0 aliphatic rings. The monoisotopic (exact) mass is 435 g/mol. The van der Waals surface area contributed by atoms with E-state index in [1.54, 1.807) is 54.6 Å². The van der Waals surface area contributed by atoms with Crippen molar-refractivity contribution in [3.05, 3.63) is 100 Å². The van der Waals surface area contributed by atoms with Gasteiger partial charge in [0.15, 0.2) is 23.9 Å². The predicted molar refractivity (Wildman–Crippen MR) is 113 cm³/mol. The first-order valence-electron chi connectivity index (χ1n) is 9.43. The molecule has 4 rings (SSSR count). The second-order valence-electron chi connectivity index (χ2n) is 6.70. The molecule has 0 spiro atoms. The summed E-state index contributed by atoms with van der Waals surface area (Å²) in [6, 6.07) is 17.8.